The molecule has 0 radical (unpaired) electrons. The highest BCUT2D eigenvalue weighted by atomic mass is 32.2. The van der Waals surface area contributed by atoms with E-state index in [1.54, 1.807) is 0 Å². The summed E-state index contributed by atoms with van der Waals surface area (Å²) >= 11 is 0. The van der Waals surface area contributed by atoms with Crippen LogP contribution in [-0.4, -0.2) is 31.0 Å². The fourth-order valence-electron chi connectivity index (χ4n) is 4.30. The molecule has 4 N–H and O–H groups in total. The molecule has 4 nitrogen and oxygen atoms in total. The maximum absolute atomic E-state index is 13.0. The van der Waals surface area contributed by atoms with Crippen LogP contribution in [0.2, 0.25) is 0 Å². The third kappa shape index (κ3) is 3.62. The molecule has 21 heavy (non-hydrogen) atoms. The first-order valence-corrected chi connectivity index (χ1v) is 10.2. The van der Waals surface area contributed by atoms with Crippen molar-refractivity contribution in [2.45, 2.75) is 87.8 Å². The third-order valence-corrected chi connectivity index (χ3v) is 8.68. The molecule has 0 bridgehead atoms. The molecule has 0 aromatic rings. The maximum Gasteiger partial charge on any atom is 0.156 e. The minimum Gasteiger partial charge on any atom is -0.327 e. The van der Waals surface area contributed by atoms with Gasteiger partial charge in [0.1, 0.15) is 0 Å². The molecule has 2 aliphatic carbocycles. The van der Waals surface area contributed by atoms with Crippen LogP contribution in [0.15, 0.2) is 0 Å². The molecule has 0 heterocycles. The van der Waals surface area contributed by atoms with Crippen molar-refractivity contribution in [2.75, 3.05) is 0 Å². The van der Waals surface area contributed by atoms with Crippen molar-refractivity contribution in [1.29, 1.82) is 0 Å². The number of rotatable bonds is 4. The average Bonchev–Trinajstić information content (AvgIpc) is 2.47. The summed E-state index contributed by atoms with van der Waals surface area (Å²) in [6.45, 7) is 4.23. The van der Waals surface area contributed by atoms with Crippen molar-refractivity contribution >= 4 is 9.84 Å². The zero-order valence-electron chi connectivity index (χ0n) is 13.5. The normalized spacial score (nSPS) is 41.9. The van der Waals surface area contributed by atoms with Gasteiger partial charge >= 0.3 is 0 Å². The Labute approximate surface area is 130 Å². The summed E-state index contributed by atoms with van der Waals surface area (Å²) < 4.78 is 26.0. The van der Waals surface area contributed by atoms with Crippen LogP contribution in [-0.2, 0) is 9.84 Å². The Hall–Kier alpha value is -0.130. The molecule has 0 amide bonds. The van der Waals surface area contributed by atoms with Gasteiger partial charge in [-0.25, -0.2) is 8.42 Å². The summed E-state index contributed by atoms with van der Waals surface area (Å²) in [5.41, 5.74) is 12.2. The first-order valence-electron chi connectivity index (χ1n) is 8.63. The molecule has 6 atom stereocenters. The van der Waals surface area contributed by atoms with Crippen molar-refractivity contribution in [1.82, 2.24) is 0 Å². The minimum absolute atomic E-state index is 0.168. The Morgan fingerprint density at radius 3 is 1.52 bits per heavy atom. The molecule has 0 aliphatic heterocycles. The molecule has 5 heteroatoms. The van der Waals surface area contributed by atoms with Gasteiger partial charge in [-0.1, -0.05) is 26.7 Å². The van der Waals surface area contributed by atoms with Crippen LogP contribution >= 0.6 is 0 Å². The standard InChI is InChI=1S/C16H32N2O2S/c1-3-11-9-13(5-7-15(11)17)21(19,20)14-6-8-16(18)12(4-2)10-14/h11-16H,3-10,17-18H2,1-2H3. The zero-order chi connectivity index (χ0) is 15.6. The fourth-order valence-corrected chi connectivity index (χ4v) is 6.80. The van der Waals surface area contributed by atoms with Crippen LogP contribution in [0.4, 0.5) is 0 Å². The van der Waals surface area contributed by atoms with Crippen LogP contribution < -0.4 is 11.5 Å². The van der Waals surface area contributed by atoms with Crippen molar-refractivity contribution in [3.8, 4) is 0 Å². The SMILES string of the molecule is CCC1CC(S(=O)(=O)C2CCC(N)C(CC)C2)CCC1N. The molecule has 2 fully saturated rings. The monoisotopic (exact) mass is 316 g/mol. The molecule has 124 valence electrons. The zero-order valence-corrected chi connectivity index (χ0v) is 14.3. The molecule has 2 saturated carbocycles. The second-order valence-corrected chi connectivity index (χ2v) is 9.63. The molecule has 0 saturated heterocycles. The van der Waals surface area contributed by atoms with E-state index in [1.807, 2.05) is 0 Å². The number of hydrogen-bond donors (Lipinski definition) is 2. The molecule has 2 aliphatic rings. The van der Waals surface area contributed by atoms with Gasteiger partial charge in [0.15, 0.2) is 9.84 Å². The van der Waals surface area contributed by atoms with Gasteiger partial charge in [0, 0.05) is 12.1 Å². The first kappa shape index (κ1) is 17.2. The Balaban J connectivity index is 2.07. The van der Waals surface area contributed by atoms with E-state index < -0.39 is 9.84 Å². The van der Waals surface area contributed by atoms with Crippen LogP contribution in [0.5, 0.6) is 0 Å². The van der Waals surface area contributed by atoms with Crippen LogP contribution in [0.3, 0.4) is 0 Å². The molecule has 6 unspecified atom stereocenters. The van der Waals surface area contributed by atoms with Crippen molar-refractivity contribution < 1.29 is 8.42 Å². The summed E-state index contributed by atoms with van der Waals surface area (Å²) in [4.78, 5) is 0. The van der Waals surface area contributed by atoms with Gasteiger partial charge in [-0.05, 0) is 50.4 Å². The van der Waals surface area contributed by atoms with E-state index in [0.717, 1.165) is 51.4 Å². The van der Waals surface area contributed by atoms with E-state index in [2.05, 4.69) is 13.8 Å². The van der Waals surface area contributed by atoms with Gasteiger partial charge in [-0.15, -0.1) is 0 Å². The Bertz CT molecular complexity index is 404. The molecule has 0 aromatic carbocycles. The lowest BCUT2D eigenvalue weighted by atomic mass is 9.83. The van der Waals surface area contributed by atoms with Crippen LogP contribution in [0, 0.1) is 11.8 Å². The lowest BCUT2D eigenvalue weighted by molar-refractivity contribution is 0.285. The van der Waals surface area contributed by atoms with Gasteiger partial charge in [-0.3, -0.25) is 0 Å². The topological polar surface area (TPSA) is 86.2 Å². The van der Waals surface area contributed by atoms with Crippen molar-refractivity contribution in [3.05, 3.63) is 0 Å². The van der Waals surface area contributed by atoms with Gasteiger partial charge in [-0.2, -0.15) is 0 Å². The highest BCUT2D eigenvalue weighted by molar-refractivity contribution is 7.92. The predicted molar refractivity (Wildman–Crippen MR) is 87.7 cm³/mol. The number of nitrogens with two attached hydrogens (primary N) is 2. The van der Waals surface area contributed by atoms with E-state index in [9.17, 15) is 8.42 Å². The molecule has 0 spiro atoms. The van der Waals surface area contributed by atoms with Gasteiger partial charge in [0.2, 0.25) is 0 Å². The second-order valence-electron chi connectivity index (χ2n) is 7.12. The lowest BCUT2D eigenvalue weighted by Crippen LogP contribution is -2.46. The largest absolute Gasteiger partial charge is 0.327 e. The van der Waals surface area contributed by atoms with Gasteiger partial charge in [0.05, 0.1) is 10.5 Å². The van der Waals surface area contributed by atoms with Crippen molar-refractivity contribution in [3.63, 3.8) is 0 Å². The predicted octanol–water partition coefficient (Wildman–Crippen LogP) is 2.21. The highest BCUT2D eigenvalue weighted by Crippen LogP contribution is 2.37. The molecular formula is C16H32N2O2S. The summed E-state index contributed by atoms with van der Waals surface area (Å²) in [6, 6.07) is 0.370. The highest BCUT2D eigenvalue weighted by Gasteiger charge is 2.41. The maximum atomic E-state index is 13.0. The molecule has 0 aromatic heterocycles. The lowest BCUT2D eigenvalue weighted by Gasteiger charge is -2.38. The molecule has 2 rings (SSSR count). The Morgan fingerprint density at radius 1 is 0.810 bits per heavy atom. The fraction of sp³-hybridized carbons (Fsp3) is 1.00. The third-order valence-electron chi connectivity index (χ3n) is 5.96. The minimum atomic E-state index is -3.03. The summed E-state index contributed by atoms with van der Waals surface area (Å²) in [5, 5.41) is -0.335. The second kappa shape index (κ2) is 6.97. The van der Waals surface area contributed by atoms with E-state index in [1.165, 1.54) is 0 Å². The Morgan fingerprint density at radius 2 is 1.19 bits per heavy atom. The average molecular weight is 317 g/mol. The molecular weight excluding hydrogens is 284 g/mol. The summed E-state index contributed by atoms with van der Waals surface area (Å²) in [7, 11) is -3.03. The summed E-state index contributed by atoms with van der Waals surface area (Å²) in [5.74, 6) is 0.734. The van der Waals surface area contributed by atoms with E-state index in [-0.39, 0.29) is 22.6 Å². The smallest absolute Gasteiger partial charge is 0.156 e. The summed E-state index contributed by atoms with van der Waals surface area (Å²) in [6.07, 6.45) is 6.70. The van der Waals surface area contributed by atoms with E-state index >= 15 is 0 Å². The first-order chi connectivity index (χ1) is 9.90. The van der Waals surface area contributed by atoms with Gasteiger partial charge in [0.25, 0.3) is 0 Å². The number of sulfone groups is 1. The quantitative estimate of drug-likeness (QED) is 0.832. The van der Waals surface area contributed by atoms with Crippen LogP contribution in [0.25, 0.3) is 0 Å². The van der Waals surface area contributed by atoms with E-state index in [0.29, 0.717) is 11.8 Å². The van der Waals surface area contributed by atoms with E-state index in [4.69, 9.17) is 11.5 Å². The van der Waals surface area contributed by atoms with Crippen molar-refractivity contribution in [2.24, 2.45) is 23.3 Å². The number of hydrogen-bond acceptors (Lipinski definition) is 4. The van der Waals surface area contributed by atoms with Gasteiger partial charge < -0.3 is 11.5 Å². The van der Waals surface area contributed by atoms with Crippen LogP contribution in [0.1, 0.15) is 65.2 Å². The Kier molecular flexibility index (Phi) is 5.71.